The average Bonchev–Trinajstić information content (AvgIpc) is 2.42. The number of carbonyl (C=O) groups is 1. The zero-order chi connectivity index (χ0) is 14.7. The molecular weight excluding hydrogens is 322 g/mol. The van der Waals surface area contributed by atoms with Crippen LogP contribution in [0.1, 0.15) is 15.9 Å². The van der Waals surface area contributed by atoms with Crippen LogP contribution in [0.15, 0.2) is 40.9 Å². The first kappa shape index (κ1) is 14.4. The van der Waals surface area contributed by atoms with Crippen LogP contribution in [0.5, 0.6) is 11.5 Å². The lowest BCUT2D eigenvalue weighted by Crippen LogP contribution is -2.05. The molecular formula is C15H14BrNO3. The Hall–Kier alpha value is -2.01. The van der Waals surface area contributed by atoms with E-state index < -0.39 is 5.97 Å². The van der Waals surface area contributed by atoms with Gasteiger partial charge in [0.1, 0.15) is 11.3 Å². The Kier molecular flexibility index (Phi) is 4.29. The minimum absolute atomic E-state index is 0.292. The van der Waals surface area contributed by atoms with Crippen molar-refractivity contribution in [1.82, 2.24) is 0 Å². The van der Waals surface area contributed by atoms with Gasteiger partial charge in [0.25, 0.3) is 0 Å². The summed E-state index contributed by atoms with van der Waals surface area (Å²) in [6.45, 7) is 1.98. The van der Waals surface area contributed by atoms with Gasteiger partial charge in [0.05, 0.1) is 17.3 Å². The van der Waals surface area contributed by atoms with Gasteiger partial charge in [-0.25, -0.2) is 4.79 Å². The summed E-state index contributed by atoms with van der Waals surface area (Å²) >= 11 is 3.43. The van der Waals surface area contributed by atoms with Gasteiger partial charge in [0.2, 0.25) is 0 Å². The zero-order valence-electron chi connectivity index (χ0n) is 11.1. The van der Waals surface area contributed by atoms with Gasteiger partial charge in [-0.15, -0.1) is 0 Å². The fourth-order valence-electron chi connectivity index (χ4n) is 1.74. The fraction of sp³-hybridized carbons (Fsp3) is 0.133. The van der Waals surface area contributed by atoms with Gasteiger partial charge in [0, 0.05) is 0 Å². The first-order valence-electron chi connectivity index (χ1n) is 5.93. The van der Waals surface area contributed by atoms with Crippen LogP contribution in [-0.4, -0.2) is 13.1 Å². The van der Waals surface area contributed by atoms with Crippen LogP contribution in [0.4, 0.5) is 5.69 Å². The molecule has 0 heterocycles. The van der Waals surface area contributed by atoms with Crippen LogP contribution in [0.3, 0.4) is 0 Å². The highest BCUT2D eigenvalue weighted by Crippen LogP contribution is 2.35. The normalized spacial score (nSPS) is 10.2. The third-order valence-electron chi connectivity index (χ3n) is 2.75. The van der Waals surface area contributed by atoms with E-state index in [1.165, 1.54) is 7.11 Å². The molecule has 104 valence electrons. The number of aryl methyl sites for hydroxylation is 1. The largest absolute Gasteiger partial charge is 0.465 e. The maximum Gasteiger partial charge on any atom is 0.341 e. The van der Waals surface area contributed by atoms with Crippen molar-refractivity contribution in [2.24, 2.45) is 0 Å². The second-order valence-corrected chi connectivity index (χ2v) is 5.11. The SMILES string of the molecule is COC(=O)c1cccc(N)c1Oc1ccc(C)cc1Br. The van der Waals surface area contributed by atoms with Gasteiger partial charge >= 0.3 is 5.97 Å². The number of nitrogen functional groups attached to an aromatic ring is 1. The number of ether oxygens (including phenoxy) is 2. The van der Waals surface area contributed by atoms with Crippen LogP contribution in [0.2, 0.25) is 0 Å². The summed E-state index contributed by atoms with van der Waals surface area (Å²) in [7, 11) is 1.32. The number of rotatable bonds is 3. The maximum atomic E-state index is 11.7. The summed E-state index contributed by atoms with van der Waals surface area (Å²) in [6.07, 6.45) is 0. The van der Waals surface area contributed by atoms with Gasteiger partial charge in [0.15, 0.2) is 5.75 Å². The van der Waals surface area contributed by atoms with Crippen molar-refractivity contribution in [3.63, 3.8) is 0 Å². The monoisotopic (exact) mass is 335 g/mol. The van der Waals surface area contributed by atoms with E-state index in [1.807, 2.05) is 25.1 Å². The second kappa shape index (κ2) is 5.96. The fourth-order valence-corrected chi connectivity index (χ4v) is 2.31. The Morgan fingerprint density at radius 3 is 2.65 bits per heavy atom. The smallest absolute Gasteiger partial charge is 0.341 e. The number of hydrogen-bond acceptors (Lipinski definition) is 4. The standard InChI is InChI=1S/C15H14BrNO3/c1-9-6-7-13(11(16)8-9)20-14-10(15(18)19-2)4-3-5-12(14)17/h3-8H,17H2,1-2H3. The first-order valence-corrected chi connectivity index (χ1v) is 6.73. The molecule has 2 aromatic carbocycles. The molecule has 0 aliphatic heterocycles. The molecule has 0 bridgehead atoms. The van der Waals surface area contributed by atoms with Crippen molar-refractivity contribution in [3.05, 3.63) is 52.0 Å². The average molecular weight is 336 g/mol. The van der Waals surface area contributed by atoms with Crippen LogP contribution in [0, 0.1) is 6.92 Å². The molecule has 0 aromatic heterocycles. The number of methoxy groups -OCH3 is 1. The molecule has 0 aliphatic carbocycles. The Morgan fingerprint density at radius 1 is 1.25 bits per heavy atom. The topological polar surface area (TPSA) is 61.5 Å². The molecule has 5 heteroatoms. The molecule has 0 amide bonds. The summed E-state index contributed by atoms with van der Waals surface area (Å²) < 4.78 is 11.3. The molecule has 0 atom stereocenters. The van der Waals surface area contributed by atoms with Gasteiger partial charge in [-0.1, -0.05) is 12.1 Å². The van der Waals surface area contributed by atoms with Crippen molar-refractivity contribution < 1.29 is 14.3 Å². The summed E-state index contributed by atoms with van der Waals surface area (Å²) in [5.74, 6) is 0.387. The number of nitrogens with two attached hydrogens (primary N) is 1. The highest BCUT2D eigenvalue weighted by molar-refractivity contribution is 9.10. The molecule has 2 rings (SSSR count). The molecule has 0 aliphatic rings. The van der Waals surface area contributed by atoms with Crippen LogP contribution < -0.4 is 10.5 Å². The Labute approximate surface area is 125 Å². The van der Waals surface area contributed by atoms with E-state index in [9.17, 15) is 4.79 Å². The van der Waals surface area contributed by atoms with Crippen LogP contribution in [-0.2, 0) is 4.74 Å². The van der Waals surface area contributed by atoms with E-state index in [0.29, 0.717) is 22.7 Å². The lowest BCUT2D eigenvalue weighted by Gasteiger charge is -2.13. The van der Waals surface area contributed by atoms with E-state index in [1.54, 1.807) is 18.2 Å². The lowest BCUT2D eigenvalue weighted by molar-refractivity contribution is 0.0598. The molecule has 0 saturated heterocycles. The summed E-state index contributed by atoms with van der Waals surface area (Å²) in [5.41, 5.74) is 7.66. The zero-order valence-corrected chi connectivity index (χ0v) is 12.7. The number of anilines is 1. The molecule has 0 radical (unpaired) electrons. The van der Waals surface area contributed by atoms with Gasteiger partial charge in [-0.2, -0.15) is 0 Å². The maximum absolute atomic E-state index is 11.7. The number of esters is 1. The second-order valence-electron chi connectivity index (χ2n) is 4.25. The van der Waals surface area contributed by atoms with Gasteiger partial charge < -0.3 is 15.2 Å². The predicted molar refractivity (Wildman–Crippen MR) is 81.1 cm³/mol. The molecule has 0 spiro atoms. The Balaban J connectivity index is 2.45. The highest BCUT2D eigenvalue weighted by Gasteiger charge is 2.17. The van der Waals surface area contributed by atoms with Crippen LogP contribution in [0.25, 0.3) is 0 Å². The third-order valence-corrected chi connectivity index (χ3v) is 3.37. The number of carbonyl (C=O) groups excluding carboxylic acids is 1. The molecule has 0 saturated carbocycles. The molecule has 2 N–H and O–H groups in total. The van der Waals surface area contributed by atoms with Crippen molar-refractivity contribution in [1.29, 1.82) is 0 Å². The number of benzene rings is 2. The minimum atomic E-state index is -0.490. The van der Waals surface area contributed by atoms with E-state index in [0.717, 1.165) is 10.0 Å². The first-order chi connectivity index (χ1) is 9.52. The molecule has 0 fully saturated rings. The molecule has 0 unspecified atom stereocenters. The number of hydrogen-bond donors (Lipinski definition) is 1. The Bertz CT molecular complexity index is 656. The summed E-state index contributed by atoms with van der Waals surface area (Å²) in [4.78, 5) is 11.7. The van der Waals surface area contributed by atoms with E-state index in [4.69, 9.17) is 15.2 Å². The highest BCUT2D eigenvalue weighted by atomic mass is 79.9. The molecule has 2 aromatic rings. The van der Waals surface area contributed by atoms with Crippen molar-refractivity contribution in [2.75, 3.05) is 12.8 Å². The van der Waals surface area contributed by atoms with Gasteiger partial charge in [-0.3, -0.25) is 0 Å². The summed E-state index contributed by atoms with van der Waals surface area (Å²) in [5, 5.41) is 0. The van der Waals surface area contributed by atoms with E-state index >= 15 is 0 Å². The van der Waals surface area contributed by atoms with E-state index in [2.05, 4.69) is 15.9 Å². The van der Waals surface area contributed by atoms with Gasteiger partial charge in [-0.05, 0) is 52.7 Å². The summed E-state index contributed by atoms with van der Waals surface area (Å²) in [6, 6.07) is 10.6. The Morgan fingerprint density at radius 2 is 2.00 bits per heavy atom. The minimum Gasteiger partial charge on any atom is -0.465 e. The quantitative estimate of drug-likeness (QED) is 0.682. The predicted octanol–water partition coefficient (Wildman–Crippen LogP) is 3.92. The van der Waals surface area contributed by atoms with Crippen LogP contribution >= 0.6 is 15.9 Å². The lowest BCUT2D eigenvalue weighted by atomic mass is 10.1. The van der Waals surface area contributed by atoms with Crippen molar-refractivity contribution in [2.45, 2.75) is 6.92 Å². The van der Waals surface area contributed by atoms with Crippen molar-refractivity contribution in [3.8, 4) is 11.5 Å². The molecule has 20 heavy (non-hydrogen) atoms. The third kappa shape index (κ3) is 2.93. The molecule has 4 nitrogen and oxygen atoms in total. The van der Waals surface area contributed by atoms with E-state index in [-0.39, 0.29) is 0 Å². The number of halogens is 1. The number of para-hydroxylation sites is 1. The van der Waals surface area contributed by atoms with Crippen molar-refractivity contribution >= 4 is 27.6 Å².